The van der Waals surface area contributed by atoms with Crippen LogP contribution in [0, 0.1) is 0 Å². The van der Waals surface area contributed by atoms with Gasteiger partial charge in [-0.3, -0.25) is 4.79 Å². The van der Waals surface area contributed by atoms with E-state index in [9.17, 15) is 9.59 Å². The van der Waals surface area contributed by atoms with Crippen molar-refractivity contribution >= 4 is 16.9 Å². The van der Waals surface area contributed by atoms with Crippen LogP contribution in [0.5, 0.6) is 0 Å². The Hall–Kier alpha value is -2.97. The molecule has 0 unspecified atom stereocenters. The first-order valence-electron chi connectivity index (χ1n) is 6.34. The molecule has 1 atom stereocenters. The Morgan fingerprint density at radius 2 is 2.19 bits per heavy atom. The number of carbonyl (C=O) groups excluding carboxylic acids is 1. The SMILES string of the molecule is C[C@@H](C(=O)NCc1ccc2[nH]c(=O)[nH]c2c1)n1cnnn1. The molecular formula is C12H13N7O2. The molecule has 21 heavy (non-hydrogen) atoms. The van der Waals surface area contributed by atoms with Crippen LogP contribution < -0.4 is 11.0 Å². The molecule has 1 aromatic carbocycles. The van der Waals surface area contributed by atoms with Gasteiger partial charge in [0.05, 0.1) is 11.0 Å². The standard InChI is InChI=1S/C12H13N7O2/c1-7(19-6-14-17-18-19)11(20)13-5-8-2-3-9-10(4-8)16-12(21)15-9/h2-4,6-7H,5H2,1H3,(H,13,20)(H2,15,16,21)/t7-/m0/s1. The van der Waals surface area contributed by atoms with E-state index < -0.39 is 6.04 Å². The summed E-state index contributed by atoms with van der Waals surface area (Å²) in [6.07, 6.45) is 1.39. The van der Waals surface area contributed by atoms with Crippen molar-refractivity contribution in [3.63, 3.8) is 0 Å². The minimum atomic E-state index is -0.490. The van der Waals surface area contributed by atoms with Crippen molar-refractivity contribution in [1.29, 1.82) is 0 Å². The molecule has 0 spiro atoms. The lowest BCUT2D eigenvalue weighted by Crippen LogP contribution is -2.30. The van der Waals surface area contributed by atoms with Crippen LogP contribution in [0.1, 0.15) is 18.5 Å². The molecule has 3 rings (SSSR count). The van der Waals surface area contributed by atoms with Gasteiger partial charge >= 0.3 is 5.69 Å². The number of nitrogens with one attached hydrogen (secondary N) is 3. The molecule has 0 aliphatic carbocycles. The molecule has 2 heterocycles. The number of H-pyrrole nitrogens is 2. The van der Waals surface area contributed by atoms with E-state index in [2.05, 4.69) is 30.8 Å². The predicted molar refractivity (Wildman–Crippen MR) is 73.3 cm³/mol. The van der Waals surface area contributed by atoms with E-state index in [4.69, 9.17) is 0 Å². The highest BCUT2D eigenvalue weighted by Gasteiger charge is 2.15. The van der Waals surface area contributed by atoms with Gasteiger partial charge in [-0.05, 0) is 35.0 Å². The van der Waals surface area contributed by atoms with Gasteiger partial charge in [-0.15, -0.1) is 5.10 Å². The first kappa shape index (κ1) is 13.0. The highest BCUT2D eigenvalue weighted by atomic mass is 16.2. The lowest BCUT2D eigenvalue weighted by atomic mass is 10.2. The van der Waals surface area contributed by atoms with Gasteiger partial charge in [0.25, 0.3) is 0 Å². The quantitative estimate of drug-likeness (QED) is 0.609. The third-order valence-corrected chi connectivity index (χ3v) is 3.19. The first-order chi connectivity index (χ1) is 10.1. The second-order valence-electron chi connectivity index (χ2n) is 4.64. The molecule has 1 amide bonds. The summed E-state index contributed by atoms with van der Waals surface area (Å²) in [5.41, 5.74) is 2.07. The number of aromatic amines is 2. The number of amides is 1. The minimum Gasteiger partial charge on any atom is -0.350 e. The number of rotatable bonds is 4. The van der Waals surface area contributed by atoms with Crippen LogP contribution in [0.4, 0.5) is 0 Å². The molecule has 2 aromatic heterocycles. The Bertz CT molecular complexity index is 818. The molecule has 9 heteroatoms. The summed E-state index contributed by atoms with van der Waals surface area (Å²) in [6.45, 7) is 2.06. The van der Waals surface area contributed by atoms with Gasteiger partial charge in [-0.1, -0.05) is 6.07 Å². The van der Waals surface area contributed by atoms with Crippen molar-refractivity contribution in [2.45, 2.75) is 19.5 Å². The van der Waals surface area contributed by atoms with E-state index in [1.54, 1.807) is 13.0 Å². The summed E-state index contributed by atoms with van der Waals surface area (Å²) < 4.78 is 1.38. The molecule has 9 nitrogen and oxygen atoms in total. The van der Waals surface area contributed by atoms with E-state index in [1.165, 1.54) is 11.0 Å². The first-order valence-corrected chi connectivity index (χ1v) is 6.34. The van der Waals surface area contributed by atoms with Crippen LogP contribution >= 0.6 is 0 Å². The number of hydrogen-bond acceptors (Lipinski definition) is 5. The maximum absolute atomic E-state index is 12.0. The van der Waals surface area contributed by atoms with E-state index in [0.717, 1.165) is 11.1 Å². The number of hydrogen-bond donors (Lipinski definition) is 3. The second kappa shape index (κ2) is 5.19. The third kappa shape index (κ3) is 2.66. The van der Waals surface area contributed by atoms with Crippen LogP contribution in [0.15, 0.2) is 29.3 Å². The summed E-state index contributed by atoms with van der Waals surface area (Å²) in [5, 5.41) is 13.5. The highest BCUT2D eigenvalue weighted by Crippen LogP contribution is 2.10. The lowest BCUT2D eigenvalue weighted by Gasteiger charge is -2.11. The highest BCUT2D eigenvalue weighted by molar-refractivity contribution is 5.80. The molecule has 0 aliphatic heterocycles. The lowest BCUT2D eigenvalue weighted by molar-refractivity contribution is -0.124. The number of tetrazole rings is 1. The number of aromatic nitrogens is 6. The number of carbonyl (C=O) groups is 1. The van der Waals surface area contributed by atoms with Crippen LogP contribution in [0.3, 0.4) is 0 Å². The van der Waals surface area contributed by atoms with Crippen molar-refractivity contribution in [2.75, 3.05) is 0 Å². The van der Waals surface area contributed by atoms with Crippen LogP contribution in [0.2, 0.25) is 0 Å². The minimum absolute atomic E-state index is 0.190. The Morgan fingerprint density at radius 3 is 2.95 bits per heavy atom. The van der Waals surface area contributed by atoms with Gasteiger partial charge in [0, 0.05) is 6.54 Å². The predicted octanol–water partition coefficient (Wildman–Crippen LogP) is -0.280. The zero-order valence-corrected chi connectivity index (χ0v) is 11.2. The van der Waals surface area contributed by atoms with E-state index in [1.807, 2.05) is 12.1 Å². The number of imidazole rings is 1. The average molecular weight is 287 g/mol. The van der Waals surface area contributed by atoms with Gasteiger partial charge < -0.3 is 15.3 Å². The van der Waals surface area contributed by atoms with Gasteiger partial charge in [0.15, 0.2) is 0 Å². The molecule has 0 aliphatic rings. The van der Waals surface area contributed by atoms with Gasteiger partial charge in [0.1, 0.15) is 12.4 Å². The Morgan fingerprint density at radius 1 is 1.38 bits per heavy atom. The van der Waals surface area contributed by atoms with Crippen LogP contribution in [-0.4, -0.2) is 36.1 Å². The van der Waals surface area contributed by atoms with Gasteiger partial charge in [0.2, 0.25) is 5.91 Å². The molecule has 0 radical (unpaired) electrons. The van der Waals surface area contributed by atoms with Gasteiger partial charge in [-0.2, -0.15) is 0 Å². The fourth-order valence-corrected chi connectivity index (χ4v) is 1.99. The molecule has 0 bridgehead atoms. The molecule has 3 N–H and O–H groups in total. The number of benzene rings is 1. The van der Waals surface area contributed by atoms with Crippen molar-refractivity contribution in [2.24, 2.45) is 0 Å². The maximum Gasteiger partial charge on any atom is 0.323 e. The second-order valence-corrected chi connectivity index (χ2v) is 4.64. The monoisotopic (exact) mass is 287 g/mol. The van der Waals surface area contributed by atoms with Crippen LogP contribution in [-0.2, 0) is 11.3 Å². The zero-order chi connectivity index (χ0) is 14.8. The van der Waals surface area contributed by atoms with Crippen molar-refractivity contribution in [3.8, 4) is 0 Å². The maximum atomic E-state index is 12.0. The topological polar surface area (TPSA) is 121 Å². The Labute approximate surface area is 118 Å². The molecule has 0 saturated carbocycles. The Kier molecular flexibility index (Phi) is 3.22. The summed E-state index contributed by atoms with van der Waals surface area (Å²) >= 11 is 0. The molecule has 0 saturated heterocycles. The van der Waals surface area contributed by atoms with Crippen molar-refractivity contribution in [1.82, 2.24) is 35.5 Å². The fourth-order valence-electron chi connectivity index (χ4n) is 1.99. The number of fused-ring (bicyclic) bond motifs is 1. The summed E-state index contributed by atoms with van der Waals surface area (Å²) in [6, 6.07) is 4.96. The molecular weight excluding hydrogens is 274 g/mol. The van der Waals surface area contributed by atoms with Crippen LogP contribution in [0.25, 0.3) is 11.0 Å². The summed E-state index contributed by atoms with van der Waals surface area (Å²) in [7, 11) is 0. The van der Waals surface area contributed by atoms with Gasteiger partial charge in [-0.25, -0.2) is 9.48 Å². The van der Waals surface area contributed by atoms with E-state index in [-0.39, 0.29) is 11.6 Å². The number of nitrogens with zero attached hydrogens (tertiary/aromatic N) is 4. The summed E-state index contributed by atoms with van der Waals surface area (Å²) in [4.78, 5) is 28.5. The van der Waals surface area contributed by atoms with E-state index >= 15 is 0 Å². The van der Waals surface area contributed by atoms with Crippen molar-refractivity contribution < 1.29 is 4.79 Å². The smallest absolute Gasteiger partial charge is 0.323 e. The Balaban J connectivity index is 1.68. The normalized spacial score (nSPS) is 12.4. The van der Waals surface area contributed by atoms with E-state index in [0.29, 0.717) is 12.1 Å². The summed E-state index contributed by atoms with van der Waals surface area (Å²) in [5.74, 6) is -0.190. The molecule has 108 valence electrons. The zero-order valence-electron chi connectivity index (χ0n) is 11.2. The molecule has 0 fully saturated rings. The third-order valence-electron chi connectivity index (χ3n) is 3.19. The largest absolute Gasteiger partial charge is 0.350 e. The average Bonchev–Trinajstić information content (AvgIpc) is 3.11. The fraction of sp³-hybridized carbons (Fsp3) is 0.250. The van der Waals surface area contributed by atoms with Crippen molar-refractivity contribution in [3.05, 3.63) is 40.6 Å². The molecule has 3 aromatic rings.